The zero-order valence-electron chi connectivity index (χ0n) is 16.9. The van der Waals surface area contributed by atoms with Crippen LogP contribution in [0.3, 0.4) is 0 Å². The lowest BCUT2D eigenvalue weighted by atomic mass is 9.94. The predicted octanol–water partition coefficient (Wildman–Crippen LogP) is 4.09. The quantitative estimate of drug-likeness (QED) is 0.712. The first-order valence-electron chi connectivity index (χ1n) is 10.0. The lowest BCUT2D eigenvalue weighted by Gasteiger charge is -2.36. The second-order valence-corrected chi connectivity index (χ2v) is 7.51. The summed E-state index contributed by atoms with van der Waals surface area (Å²) in [6, 6.07) is 9.91. The lowest BCUT2D eigenvalue weighted by molar-refractivity contribution is -0.134. The van der Waals surface area contributed by atoms with E-state index in [1.807, 2.05) is 48.4 Å². The molecule has 1 atom stereocenters. The molecule has 4 rings (SSSR count). The Morgan fingerprint density at radius 2 is 2.07 bits per heavy atom. The van der Waals surface area contributed by atoms with E-state index in [1.54, 1.807) is 19.5 Å². The Bertz CT molecular complexity index is 984. The van der Waals surface area contributed by atoms with E-state index < -0.39 is 0 Å². The first kappa shape index (κ1) is 19.2. The van der Waals surface area contributed by atoms with Gasteiger partial charge in [-0.05, 0) is 61.1 Å². The van der Waals surface area contributed by atoms with Crippen LogP contribution in [0.25, 0.3) is 11.1 Å². The fourth-order valence-electron chi connectivity index (χ4n) is 4.17. The smallest absolute Gasteiger partial charge is 0.227 e. The Kier molecular flexibility index (Phi) is 5.60. The predicted molar refractivity (Wildman–Crippen MR) is 112 cm³/mol. The molecule has 150 valence electrons. The Morgan fingerprint density at radius 3 is 2.83 bits per heavy atom. The molecule has 0 bridgehead atoms. The average Bonchev–Trinajstić information content (AvgIpc) is 3.24. The van der Waals surface area contributed by atoms with E-state index in [9.17, 15) is 4.79 Å². The average molecular weight is 390 g/mol. The summed E-state index contributed by atoms with van der Waals surface area (Å²) in [6.45, 7) is 2.77. The van der Waals surface area contributed by atoms with Gasteiger partial charge in [0, 0.05) is 24.5 Å². The number of carbonyl (C=O) groups is 1. The van der Waals surface area contributed by atoms with Crippen molar-refractivity contribution in [2.45, 2.75) is 38.6 Å². The Labute approximate surface area is 170 Å². The van der Waals surface area contributed by atoms with Crippen LogP contribution in [0.15, 0.2) is 48.9 Å². The molecule has 3 aromatic rings. The topological polar surface area (TPSA) is 71.1 Å². The van der Waals surface area contributed by atoms with Gasteiger partial charge in [-0.15, -0.1) is 0 Å². The molecule has 1 fully saturated rings. The Morgan fingerprint density at radius 1 is 1.24 bits per heavy atom. The summed E-state index contributed by atoms with van der Waals surface area (Å²) < 4.78 is 5.33. The molecule has 1 N–H and O–H groups in total. The van der Waals surface area contributed by atoms with Crippen LogP contribution in [0, 0.1) is 6.92 Å². The van der Waals surface area contributed by atoms with E-state index in [0.717, 1.165) is 59.5 Å². The van der Waals surface area contributed by atoms with E-state index in [4.69, 9.17) is 4.74 Å². The van der Waals surface area contributed by atoms with Gasteiger partial charge in [0.2, 0.25) is 5.91 Å². The van der Waals surface area contributed by atoms with E-state index in [-0.39, 0.29) is 11.9 Å². The van der Waals surface area contributed by atoms with Crippen LogP contribution >= 0.6 is 0 Å². The van der Waals surface area contributed by atoms with Crippen molar-refractivity contribution in [2.24, 2.45) is 0 Å². The first-order valence-corrected chi connectivity index (χ1v) is 10.0. The molecule has 1 aliphatic rings. The van der Waals surface area contributed by atoms with Gasteiger partial charge in [0.25, 0.3) is 0 Å². The normalized spacial score (nSPS) is 16.6. The fraction of sp³-hybridized carbons (Fsp3) is 0.348. The molecule has 1 aromatic carbocycles. The van der Waals surface area contributed by atoms with Gasteiger partial charge >= 0.3 is 0 Å². The minimum Gasteiger partial charge on any atom is -0.496 e. The maximum atomic E-state index is 13.2. The number of aromatic nitrogens is 3. The summed E-state index contributed by atoms with van der Waals surface area (Å²) in [7, 11) is 1.66. The van der Waals surface area contributed by atoms with Gasteiger partial charge in [0.1, 0.15) is 5.75 Å². The second kappa shape index (κ2) is 8.47. The molecule has 29 heavy (non-hydrogen) atoms. The summed E-state index contributed by atoms with van der Waals surface area (Å²) >= 11 is 0. The Balaban J connectivity index is 1.58. The van der Waals surface area contributed by atoms with Crippen LogP contribution in [0.1, 0.15) is 42.1 Å². The van der Waals surface area contributed by atoms with E-state index in [0.29, 0.717) is 6.42 Å². The number of H-pyrrole nitrogens is 1. The molecular weight excluding hydrogens is 364 g/mol. The molecule has 1 saturated heterocycles. The highest BCUT2D eigenvalue weighted by Gasteiger charge is 2.31. The maximum Gasteiger partial charge on any atom is 0.227 e. The molecular formula is C23H26N4O2. The number of hydrogen-bond donors (Lipinski definition) is 1. The standard InChI is InChI=1S/C23H26N4O2/c1-16-13-17(6-7-21(16)29-2)14-22(28)27-12-4-3-5-20(27)23-19(15-25-26-23)18-8-10-24-11-9-18/h6-11,13,15,20H,3-5,12,14H2,1-2H3,(H,25,26). The molecule has 6 nitrogen and oxygen atoms in total. The number of likely N-dealkylation sites (tertiary alicyclic amines) is 1. The minimum absolute atomic E-state index is 0.0151. The molecule has 1 unspecified atom stereocenters. The Hall–Kier alpha value is -3.15. The third-order valence-electron chi connectivity index (χ3n) is 5.63. The molecule has 1 aliphatic heterocycles. The maximum absolute atomic E-state index is 13.2. The molecule has 0 spiro atoms. The SMILES string of the molecule is COc1ccc(CC(=O)N2CCCCC2c2[nH]ncc2-c2ccncc2)cc1C. The number of nitrogens with one attached hydrogen (secondary N) is 1. The number of benzene rings is 1. The molecule has 3 heterocycles. The molecule has 0 saturated carbocycles. The minimum atomic E-state index is 0.0151. The zero-order chi connectivity index (χ0) is 20.2. The monoisotopic (exact) mass is 390 g/mol. The van der Waals surface area contributed by atoms with Gasteiger partial charge in [-0.1, -0.05) is 12.1 Å². The van der Waals surface area contributed by atoms with E-state index >= 15 is 0 Å². The zero-order valence-corrected chi connectivity index (χ0v) is 16.9. The highest BCUT2D eigenvalue weighted by molar-refractivity contribution is 5.80. The van der Waals surface area contributed by atoms with Crippen molar-refractivity contribution in [1.82, 2.24) is 20.1 Å². The summed E-state index contributed by atoms with van der Waals surface area (Å²) in [5, 5.41) is 7.45. The van der Waals surface area contributed by atoms with E-state index in [2.05, 4.69) is 15.2 Å². The number of aryl methyl sites for hydroxylation is 1. The number of hydrogen-bond acceptors (Lipinski definition) is 4. The van der Waals surface area contributed by atoms with E-state index in [1.165, 1.54) is 0 Å². The van der Waals surface area contributed by atoms with Gasteiger partial charge in [0.05, 0.1) is 31.5 Å². The molecule has 1 amide bonds. The van der Waals surface area contributed by atoms with Crippen molar-refractivity contribution >= 4 is 5.91 Å². The van der Waals surface area contributed by atoms with Gasteiger partial charge in [-0.25, -0.2) is 0 Å². The number of piperidine rings is 1. The number of pyridine rings is 1. The fourth-order valence-corrected chi connectivity index (χ4v) is 4.17. The van der Waals surface area contributed by atoms with Gasteiger partial charge in [-0.2, -0.15) is 5.10 Å². The van der Waals surface area contributed by atoms with Crippen LogP contribution in [0.4, 0.5) is 0 Å². The summed E-state index contributed by atoms with van der Waals surface area (Å²) in [6.07, 6.45) is 8.86. The number of aromatic amines is 1. The van der Waals surface area contributed by atoms with Gasteiger partial charge in [0.15, 0.2) is 0 Å². The summed E-state index contributed by atoms with van der Waals surface area (Å²) in [5.74, 6) is 0.992. The number of ether oxygens (including phenoxy) is 1. The largest absolute Gasteiger partial charge is 0.496 e. The highest BCUT2D eigenvalue weighted by atomic mass is 16.5. The highest BCUT2D eigenvalue weighted by Crippen LogP contribution is 2.36. The third kappa shape index (κ3) is 4.01. The van der Waals surface area contributed by atoms with Crippen molar-refractivity contribution in [1.29, 1.82) is 0 Å². The lowest BCUT2D eigenvalue weighted by Crippen LogP contribution is -2.39. The number of methoxy groups -OCH3 is 1. The van der Waals surface area contributed by atoms with Crippen LogP contribution in [0.2, 0.25) is 0 Å². The first-order chi connectivity index (χ1) is 14.2. The number of rotatable bonds is 5. The van der Waals surface area contributed by atoms with Crippen LogP contribution < -0.4 is 4.74 Å². The van der Waals surface area contributed by atoms with Crippen LogP contribution in [0.5, 0.6) is 5.75 Å². The van der Waals surface area contributed by atoms with Crippen LogP contribution in [-0.4, -0.2) is 39.6 Å². The van der Waals surface area contributed by atoms with Crippen molar-refractivity contribution in [3.8, 4) is 16.9 Å². The molecule has 0 radical (unpaired) electrons. The van der Waals surface area contributed by atoms with Crippen LogP contribution in [-0.2, 0) is 11.2 Å². The third-order valence-corrected chi connectivity index (χ3v) is 5.63. The number of carbonyl (C=O) groups excluding carboxylic acids is 1. The number of nitrogens with zero attached hydrogens (tertiary/aromatic N) is 3. The van der Waals surface area contributed by atoms with Gasteiger partial charge < -0.3 is 9.64 Å². The molecule has 2 aromatic heterocycles. The number of amides is 1. The summed E-state index contributed by atoms with van der Waals surface area (Å²) in [4.78, 5) is 19.4. The van der Waals surface area contributed by atoms with Crippen molar-refractivity contribution in [3.63, 3.8) is 0 Å². The van der Waals surface area contributed by atoms with Gasteiger partial charge in [-0.3, -0.25) is 14.9 Å². The molecule has 6 heteroatoms. The van der Waals surface area contributed by atoms with Crippen molar-refractivity contribution in [2.75, 3.05) is 13.7 Å². The van der Waals surface area contributed by atoms with Crippen molar-refractivity contribution < 1.29 is 9.53 Å². The second-order valence-electron chi connectivity index (χ2n) is 7.51. The molecule has 0 aliphatic carbocycles. The summed E-state index contributed by atoms with van der Waals surface area (Å²) in [5.41, 5.74) is 5.16. The van der Waals surface area contributed by atoms with Crippen molar-refractivity contribution in [3.05, 3.63) is 65.7 Å².